The first-order valence-electron chi connectivity index (χ1n) is 9.75. The monoisotopic (exact) mass is 418 g/mol. The molecule has 0 aliphatic carbocycles. The number of aromatic nitrogens is 1. The van der Waals surface area contributed by atoms with E-state index in [-0.39, 0.29) is 11.9 Å². The molecule has 0 fully saturated rings. The summed E-state index contributed by atoms with van der Waals surface area (Å²) in [5, 5.41) is 5.48. The SMILES string of the molecule is CCN(CC)C(=O)c1csc(CN(CCOC)C(=O)Nc2c(C)cccc2C)n1. The van der Waals surface area contributed by atoms with Crippen LogP contribution in [0.1, 0.15) is 40.5 Å². The highest BCUT2D eigenvalue weighted by atomic mass is 32.1. The number of urea groups is 1. The van der Waals surface area contributed by atoms with E-state index in [0.717, 1.165) is 16.8 Å². The maximum atomic E-state index is 12.9. The van der Waals surface area contributed by atoms with Gasteiger partial charge < -0.3 is 19.9 Å². The summed E-state index contributed by atoms with van der Waals surface area (Å²) in [7, 11) is 1.60. The Labute approximate surface area is 176 Å². The van der Waals surface area contributed by atoms with Crippen LogP contribution in [0, 0.1) is 13.8 Å². The molecule has 0 atom stereocenters. The number of rotatable bonds is 9. The van der Waals surface area contributed by atoms with E-state index in [1.54, 1.807) is 22.3 Å². The Morgan fingerprint density at radius 1 is 1.14 bits per heavy atom. The number of carbonyl (C=O) groups excluding carboxylic acids is 2. The molecular formula is C21H30N4O3S. The number of nitrogens with zero attached hydrogens (tertiary/aromatic N) is 3. The van der Waals surface area contributed by atoms with Gasteiger partial charge in [0.2, 0.25) is 0 Å². The van der Waals surface area contributed by atoms with Crippen LogP contribution in [0.5, 0.6) is 0 Å². The molecule has 8 heteroatoms. The second-order valence-electron chi connectivity index (χ2n) is 6.72. The molecule has 0 unspecified atom stereocenters. The van der Waals surface area contributed by atoms with Gasteiger partial charge in [-0.05, 0) is 38.8 Å². The maximum Gasteiger partial charge on any atom is 0.322 e. The number of carbonyl (C=O) groups is 2. The number of hydrogen-bond donors (Lipinski definition) is 1. The summed E-state index contributed by atoms with van der Waals surface area (Å²) in [4.78, 5) is 33.3. The van der Waals surface area contributed by atoms with Gasteiger partial charge in [-0.2, -0.15) is 0 Å². The molecule has 0 aliphatic rings. The number of hydrogen-bond acceptors (Lipinski definition) is 5. The van der Waals surface area contributed by atoms with Gasteiger partial charge in [0, 0.05) is 37.8 Å². The van der Waals surface area contributed by atoms with E-state index in [1.807, 2.05) is 45.9 Å². The van der Waals surface area contributed by atoms with Gasteiger partial charge in [-0.1, -0.05) is 18.2 Å². The Morgan fingerprint density at radius 3 is 2.38 bits per heavy atom. The molecule has 0 spiro atoms. The van der Waals surface area contributed by atoms with Crippen LogP contribution in [0.3, 0.4) is 0 Å². The Balaban J connectivity index is 2.14. The number of benzene rings is 1. The zero-order chi connectivity index (χ0) is 21.4. The predicted molar refractivity (Wildman–Crippen MR) is 117 cm³/mol. The maximum absolute atomic E-state index is 12.9. The average molecular weight is 419 g/mol. The van der Waals surface area contributed by atoms with E-state index in [4.69, 9.17) is 4.74 Å². The largest absolute Gasteiger partial charge is 0.383 e. The summed E-state index contributed by atoms with van der Waals surface area (Å²) in [5.41, 5.74) is 3.25. The molecule has 1 N–H and O–H groups in total. The minimum absolute atomic E-state index is 0.0825. The fraction of sp³-hybridized carbons (Fsp3) is 0.476. The van der Waals surface area contributed by atoms with E-state index in [1.165, 1.54) is 11.3 Å². The lowest BCUT2D eigenvalue weighted by atomic mass is 10.1. The lowest BCUT2D eigenvalue weighted by Gasteiger charge is -2.23. The van der Waals surface area contributed by atoms with Crippen molar-refractivity contribution >= 4 is 29.0 Å². The van der Waals surface area contributed by atoms with E-state index in [2.05, 4.69) is 10.3 Å². The quantitative estimate of drug-likeness (QED) is 0.670. The van der Waals surface area contributed by atoms with Crippen LogP contribution in [0.15, 0.2) is 23.6 Å². The van der Waals surface area contributed by atoms with Crippen LogP contribution < -0.4 is 5.32 Å². The third-order valence-electron chi connectivity index (χ3n) is 4.71. The number of aryl methyl sites for hydroxylation is 2. The summed E-state index contributed by atoms with van der Waals surface area (Å²) in [5.74, 6) is -0.0825. The number of para-hydroxylation sites is 1. The van der Waals surface area contributed by atoms with Crippen LogP contribution in [-0.2, 0) is 11.3 Å². The second kappa shape index (κ2) is 10.9. The van der Waals surface area contributed by atoms with Crippen molar-refractivity contribution in [2.45, 2.75) is 34.2 Å². The Bertz CT molecular complexity index is 813. The van der Waals surface area contributed by atoms with Crippen LogP contribution in [0.25, 0.3) is 0 Å². The summed E-state index contributed by atoms with van der Waals surface area (Å²) >= 11 is 1.39. The van der Waals surface area contributed by atoms with Crippen molar-refractivity contribution in [1.29, 1.82) is 0 Å². The van der Waals surface area contributed by atoms with Crippen molar-refractivity contribution in [1.82, 2.24) is 14.8 Å². The molecule has 7 nitrogen and oxygen atoms in total. The fourth-order valence-electron chi connectivity index (χ4n) is 2.97. The van der Waals surface area contributed by atoms with Gasteiger partial charge >= 0.3 is 6.03 Å². The number of ether oxygens (including phenoxy) is 1. The molecule has 0 radical (unpaired) electrons. The van der Waals surface area contributed by atoms with E-state index >= 15 is 0 Å². The number of nitrogens with one attached hydrogen (secondary N) is 1. The number of anilines is 1. The standard InChI is InChI=1S/C21H30N4O3S/c1-6-24(7-2)20(26)17-14-29-18(22-17)13-25(11-12-28-5)21(27)23-19-15(3)9-8-10-16(19)4/h8-10,14H,6-7,11-13H2,1-5H3,(H,23,27). The third-order valence-corrected chi connectivity index (χ3v) is 5.55. The first kappa shape index (κ1) is 22.8. The average Bonchev–Trinajstić information content (AvgIpc) is 3.17. The highest BCUT2D eigenvalue weighted by Crippen LogP contribution is 2.21. The Kier molecular flexibility index (Phi) is 8.60. The number of thiazole rings is 1. The fourth-order valence-corrected chi connectivity index (χ4v) is 3.75. The normalized spacial score (nSPS) is 10.7. The highest BCUT2D eigenvalue weighted by molar-refractivity contribution is 7.09. The molecule has 0 bridgehead atoms. The van der Waals surface area contributed by atoms with Crippen molar-refractivity contribution in [3.8, 4) is 0 Å². The number of amides is 3. The molecule has 2 aromatic rings. The molecule has 158 valence electrons. The lowest BCUT2D eigenvalue weighted by molar-refractivity contribution is 0.0767. The Morgan fingerprint density at radius 2 is 1.79 bits per heavy atom. The molecule has 0 saturated carbocycles. The molecule has 2 rings (SSSR count). The van der Waals surface area contributed by atoms with Crippen LogP contribution >= 0.6 is 11.3 Å². The molecule has 29 heavy (non-hydrogen) atoms. The molecule has 1 heterocycles. The topological polar surface area (TPSA) is 74.8 Å². The first-order chi connectivity index (χ1) is 13.9. The van der Waals surface area contributed by atoms with Crippen molar-refractivity contribution in [3.63, 3.8) is 0 Å². The molecule has 3 amide bonds. The highest BCUT2D eigenvalue weighted by Gasteiger charge is 2.20. The van der Waals surface area contributed by atoms with Crippen molar-refractivity contribution in [2.24, 2.45) is 0 Å². The zero-order valence-corrected chi connectivity index (χ0v) is 18.6. The second-order valence-corrected chi connectivity index (χ2v) is 7.66. The smallest absolute Gasteiger partial charge is 0.322 e. The van der Waals surface area contributed by atoms with Crippen LogP contribution in [0.2, 0.25) is 0 Å². The minimum Gasteiger partial charge on any atom is -0.383 e. The first-order valence-corrected chi connectivity index (χ1v) is 10.6. The van der Waals surface area contributed by atoms with Crippen molar-refractivity contribution in [2.75, 3.05) is 38.7 Å². The summed E-state index contributed by atoms with van der Waals surface area (Å²) in [6, 6.07) is 5.68. The van der Waals surface area contributed by atoms with Gasteiger partial charge in [0.25, 0.3) is 5.91 Å². The van der Waals surface area contributed by atoms with Crippen LogP contribution in [-0.4, -0.2) is 60.1 Å². The lowest BCUT2D eigenvalue weighted by Crippen LogP contribution is -2.37. The molecular weight excluding hydrogens is 388 g/mol. The van der Waals surface area contributed by atoms with Gasteiger partial charge in [-0.15, -0.1) is 11.3 Å². The summed E-state index contributed by atoms with van der Waals surface area (Å²) < 4.78 is 5.16. The van der Waals surface area contributed by atoms with Gasteiger partial charge in [-0.25, -0.2) is 9.78 Å². The molecule has 0 saturated heterocycles. The van der Waals surface area contributed by atoms with E-state index in [0.29, 0.717) is 43.5 Å². The zero-order valence-electron chi connectivity index (χ0n) is 17.8. The van der Waals surface area contributed by atoms with Crippen molar-refractivity contribution in [3.05, 3.63) is 45.4 Å². The summed E-state index contributed by atoms with van der Waals surface area (Å²) in [6.07, 6.45) is 0. The predicted octanol–water partition coefficient (Wildman–Crippen LogP) is 3.92. The van der Waals surface area contributed by atoms with Gasteiger partial charge in [0.15, 0.2) is 0 Å². The van der Waals surface area contributed by atoms with Gasteiger partial charge in [0.05, 0.1) is 13.2 Å². The summed E-state index contributed by atoms with van der Waals surface area (Å²) in [6.45, 7) is 10.3. The minimum atomic E-state index is -0.216. The van der Waals surface area contributed by atoms with Gasteiger partial charge in [0.1, 0.15) is 10.7 Å². The Hall–Kier alpha value is -2.45. The third kappa shape index (κ3) is 6.01. The molecule has 1 aromatic heterocycles. The van der Waals surface area contributed by atoms with E-state index in [9.17, 15) is 9.59 Å². The molecule has 1 aromatic carbocycles. The van der Waals surface area contributed by atoms with Gasteiger partial charge in [-0.3, -0.25) is 4.79 Å². The number of methoxy groups -OCH3 is 1. The van der Waals surface area contributed by atoms with Crippen molar-refractivity contribution < 1.29 is 14.3 Å². The van der Waals surface area contributed by atoms with Crippen LogP contribution in [0.4, 0.5) is 10.5 Å². The van der Waals surface area contributed by atoms with E-state index < -0.39 is 0 Å². The molecule has 0 aliphatic heterocycles.